The van der Waals surface area contributed by atoms with Crippen molar-refractivity contribution in [2.75, 3.05) is 34.8 Å². The van der Waals surface area contributed by atoms with Crippen molar-refractivity contribution >= 4 is 11.9 Å². The van der Waals surface area contributed by atoms with Crippen molar-refractivity contribution in [3.8, 4) is 5.75 Å². The fourth-order valence-corrected chi connectivity index (χ4v) is 2.88. The van der Waals surface area contributed by atoms with Crippen LogP contribution in [-0.2, 0) is 13.0 Å². The van der Waals surface area contributed by atoms with Crippen LogP contribution in [0.25, 0.3) is 0 Å². The van der Waals surface area contributed by atoms with Gasteiger partial charge in [-0.15, -0.1) is 0 Å². The molecular weight excluding hydrogens is 340 g/mol. The fourth-order valence-electron chi connectivity index (χ4n) is 2.88. The minimum atomic E-state index is -0.0721. The Morgan fingerprint density at radius 2 is 1.96 bits per heavy atom. The maximum atomic E-state index is 11.7. The summed E-state index contributed by atoms with van der Waals surface area (Å²) in [5, 5.41) is 6.02. The zero-order valence-corrected chi connectivity index (χ0v) is 16.5. The van der Waals surface area contributed by atoms with Crippen LogP contribution in [0.4, 0.5) is 0 Å². The molecule has 0 atom stereocenters. The predicted molar refractivity (Wildman–Crippen MR) is 109 cm³/mol. The first-order chi connectivity index (χ1) is 13.1. The molecule has 0 unspecified atom stereocenters. The van der Waals surface area contributed by atoms with E-state index in [0.29, 0.717) is 12.1 Å². The Morgan fingerprint density at radius 1 is 1.19 bits per heavy atom. The van der Waals surface area contributed by atoms with Crippen LogP contribution in [0.15, 0.2) is 53.5 Å². The molecule has 0 aliphatic carbocycles. The van der Waals surface area contributed by atoms with Gasteiger partial charge in [0.05, 0.1) is 7.11 Å². The lowest BCUT2D eigenvalue weighted by Crippen LogP contribution is -2.39. The summed E-state index contributed by atoms with van der Waals surface area (Å²) < 4.78 is 5.42. The second kappa shape index (κ2) is 10.2. The summed E-state index contributed by atoms with van der Waals surface area (Å²) in [6.45, 7) is 1.41. The van der Waals surface area contributed by atoms with Gasteiger partial charge in [0, 0.05) is 45.4 Å². The summed E-state index contributed by atoms with van der Waals surface area (Å²) in [5.41, 5.74) is 2.88. The summed E-state index contributed by atoms with van der Waals surface area (Å²) in [7, 11) is 7.08. The van der Waals surface area contributed by atoms with E-state index >= 15 is 0 Å². The molecule has 0 aromatic heterocycles. The molecule has 27 heavy (non-hydrogen) atoms. The van der Waals surface area contributed by atoms with Crippen LogP contribution in [0.3, 0.4) is 0 Å². The van der Waals surface area contributed by atoms with E-state index in [-0.39, 0.29) is 5.91 Å². The summed E-state index contributed by atoms with van der Waals surface area (Å²) in [5.74, 6) is 1.60. The van der Waals surface area contributed by atoms with E-state index in [2.05, 4.69) is 20.5 Å². The highest BCUT2D eigenvalue weighted by Gasteiger charge is 2.10. The Hall–Kier alpha value is -3.02. The molecule has 0 heterocycles. The molecule has 0 radical (unpaired) electrons. The van der Waals surface area contributed by atoms with E-state index in [0.717, 1.165) is 35.8 Å². The van der Waals surface area contributed by atoms with Gasteiger partial charge in [-0.2, -0.15) is 0 Å². The zero-order chi connectivity index (χ0) is 19.6. The lowest BCUT2D eigenvalue weighted by atomic mass is 10.1. The van der Waals surface area contributed by atoms with Crippen molar-refractivity contribution in [3.05, 3.63) is 65.2 Å². The molecule has 6 nitrogen and oxygen atoms in total. The van der Waals surface area contributed by atoms with E-state index < -0.39 is 0 Å². The molecule has 2 N–H and O–H groups in total. The lowest BCUT2D eigenvalue weighted by Gasteiger charge is -2.23. The molecule has 0 saturated heterocycles. The van der Waals surface area contributed by atoms with Gasteiger partial charge in [0.15, 0.2) is 5.96 Å². The molecule has 144 valence electrons. The van der Waals surface area contributed by atoms with E-state index in [1.165, 1.54) is 0 Å². The topological polar surface area (TPSA) is 66.0 Å². The SMILES string of the molecule is CN=C(NCCc1cccc(C(=O)NC)c1)N(C)Cc1ccccc1OC. The number of para-hydroxylation sites is 1. The van der Waals surface area contributed by atoms with Crippen LogP contribution in [0.1, 0.15) is 21.5 Å². The third-order valence-corrected chi connectivity index (χ3v) is 4.29. The van der Waals surface area contributed by atoms with E-state index in [1.54, 1.807) is 21.2 Å². The number of ether oxygens (including phenoxy) is 1. The average molecular weight is 368 g/mol. The number of hydrogen-bond donors (Lipinski definition) is 2. The Morgan fingerprint density at radius 3 is 2.67 bits per heavy atom. The maximum absolute atomic E-state index is 11.7. The maximum Gasteiger partial charge on any atom is 0.251 e. The molecule has 0 spiro atoms. The Bertz CT molecular complexity index is 789. The Kier molecular flexibility index (Phi) is 7.67. The molecule has 2 aromatic carbocycles. The van der Waals surface area contributed by atoms with E-state index in [9.17, 15) is 4.79 Å². The van der Waals surface area contributed by atoms with Crippen molar-refractivity contribution in [2.45, 2.75) is 13.0 Å². The molecule has 0 saturated carbocycles. The van der Waals surface area contributed by atoms with Gasteiger partial charge in [-0.1, -0.05) is 30.3 Å². The van der Waals surface area contributed by atoms with Gasteiger partial charge in [-0.3, -0.25) is 9.79 Å². The number of rotatable bonds is 7. The summed E-state index contributed by atoms with van der Waals surface area (Å²) >= 11 is 0. The van der Waals surface area contributed by atoms with Crippen molar-refractivity contribution in [1.29, 1.82) is 0 Å². The van der Waals surface area contributed by atoms with Crippen LogP contribution in [-0.4, -0.2) is 51.6 Å². The number of benzene rings is 2. The van der Waals surface area contributed by atoms with Crippen LogP contribution in [0.5, 0.6) is 5.75 Å². The molecule has 0 aliphatic heterocycles. The average Bonchev–Trinajstić information content (AvgIpc) is 2.71. The summed E-state index contributed by atoms with van der Waals surface area (Å²) in [6.07, 6.45) is 0.798. The summed E-state index contributed by atoms with van der Waals surface area (Å²) in [6, 6.07) is 15.6. The zero-order valence-electron chi connectivity index (χ0n) is 16.5. The van der Waals surface area contributed by atoms with Gasteiger partial charge in [-0.25, -0.2) is 0 Å². The fraction of sp³-hybridized carbons (Fsp3) is 0.333. The quantitative estimate of drug-likeness (QED) is 0.581. The van der Waals surface area contributed by atoms with Gasteiger partial charge in [0.25, 0.3) is 5.91 Å². The highest BCUT2D eigenvalue weighted by atomic mass is 16.5. The standard InChI is InChI=1S/C21H28N4O2/c1-22-20(26)17-10-7-8-16(14-17)12-13-24-21(23-2)25(3)15-18-9-5-6-11-19(18)27-4/h5-11,14H,12-13,15H2,1-4H3,(H,22,26)(H,23,24). The van der Waals surface area contributed by atoms with Crippen molar-refractivity contribution in [1.82, 2.24) is 15.5 Å². The number of carbonyl (C=O) groups excluding carboxylic acids is 1. The number of nitrogens with one attached hydrogen (secondary N) is 2. The predicted octanol–water partition coefficient (Wildman–Crippen LogP) is 2.30. The van der Waals surface area contributed by atoms with Gasteiger partial charge < -0.3 is 20.3 Å². The van der Waals surface area contributed by atoms with Crippen molar-refractivity contribution < 1.29 is 9.53 Å². The number of aliphatic imine (C=N–C) groups is 1. The first kappa shape index (κ1) is 20.3. The highest BCUT2D eigenvalue weighted by Crippen LogP contribution is 2.18. The number of methoxy groups -OCH3 is 1. The largest absolute Gasteiger partial charge is 0.496 e. The molecule has 2 rings (SSSR count). The number of carbonyl (C=O) groups is 1. The van der Waals surface area contributed by atoms with Crippen molar-refractivity contribution in [3.63, 3.8) is 0 Å². The lowest BCUT2D eigenvalue weighted by molar-refractivity contribution is 0.0963. The number of amides is 1. The third kappa shape index (κ3) is 5.74. The molecule has 0 bridgehead atoms. The Balaban J connectivity index is 1.93. The second-order valence-corrected chi connectivity index (χ2v) is 6.17. The minimum absolute atomic E-state index is 0.0721. The smallest absolute Gasteiger partial charge is 0.251 e. The Labute approximate surface area is 161 Å². The highest BCUT2D eigenvalue weighted by molar-refractivity contribution is 5.94. The molecule has 2 aromatic rings. The number of guanidine groups is 1. The molecule has 0 aliphatic rings. The minimum Gasteiger partial charge on any atom is -0.496 e. The second-order valence-electron chi connectivity index (χ2n) is 6.17. The van der Waals surface area contributed by atoms with Gasteiger partial charge >= 0.3 is 0 Å². The third-order valence-electron chi connectivity index (χ3n) is 4.29. The first-order valence-electron chi connectivity index (χ1n) is 8.93. The van der Waals surface area contributed by atoms with E-state index in [1.807, 2.05) is 55.6 Å². The number of nitrogens with zero attached hydrogens (tertiary/aromatic N) is 2. The number of hydrogen-bond acceptors (Lipinski definition) is 3. The van der Waals surface area contributed by atoms with E-state index in [4.69, 9.17) is 4.74 Å². The van der Waals surface area contributed by atoms with Gasteiger partial charge in [-0.05, 0) is 30.2 Å². The molecule has 1 amide bonds. The van der Waals surface area contributed by atoms with Gasteiger partial charge in [0.1, 0.15) is 5.75 Å². The van der Waals surface area contributed by atoms with Gasteiger partial charge in [0.2, 0.25) is 0 Å². The van der Waals surface area contributed by atoms with Crippen LogP contribution in [0.2, 0.25) is 0 Å². The summed E-state index contributed by atoms with van der Waals surface area (Å²) in [4.78, 5) is 18.2. The molecular formula is C21H28N4O2. The van der Waals surface area contributed by atoms with Crippen LogP contribution in [0, 0.1) is 0 Å². The van der Waals surface area contributed by atoms with Crippen molar-refractivity contribution in [2.24, 2.45) is 4.99 Å². The molecule has 0 fully saturated rings. The monoisotopic (exact) mass is 368 g/mol. The normalized spacial score (nSPS) is 11.0. The van der Waals surface area contributed by atoms with Crippen LogP contribution < -0.4 is 15.4 Å². The first-order valence-corrected chi connectivity index (χ1v) is 8.93. The van der Waals surface area contributed by atoms with Crippen LogP contribution >= 0.6 is 0 Å². The molecule has 6 heteroatoms.